The molecule has 116 valence electrons. The normalized spacial score (nSPS) is 17.0. The van der Waals surface area contributed by atoms with Crippen molar-refractivity contribution < 1.29 is 27.4 Å². The molecule has 1 aliphatic rings. The molecule has 0 aromatic heterocycles. The average molecular weight is 317 g/mol. The van der Waals surface area contributed by atoms with Gasteiger partial charge in [-0.05, 0) is 37.5 Å². The minimum atomic E-state index is -3.71. The Morgan fingerprint density at radius 3 is 2.62 bits per heavy atom. The average Bonchev–Trinajstić information content (AvgIpc) is 2.35. The lowest BCUT2D eigenvalue weighted by Crippen LogP contribution is -2.46. The second kappa shape index (κ2) is 5.61. The fourth-order valence-electron chi connectivity index (χ4n) is 2.29. The van der Waals surface area contributed by atoms with E-state index in [0.29, 0.717) is 12.8 Å². The summed E-state index contributed by atoms with van der Waals surface area (Å²) in [5.74, 6) is -2.59. The third kappa shape index (κ3) is 3.51. The minimum absolute atomic E-state index is 0.0133. The summed E-state index contributed by atoms with van der Waals surface area (Å²) in [6.45, 7) is 0. The molecule has 1 aromatic rings. The number of carboxylic acids is 1. The highest BCUT2D eigenvalue weighted by Gasteiger charge is 2.41. The van der Waals surface area contributed by atoms with Gasteiger partial charge in [0.05, 0.1) is 16.9 Å². The zero-order valence-corrected chi connectivity index (χ0v) is 12.2. The molecule has 1 fully saturated rings. The van der Waals surface area contributed by atoms with Crippen LogP contribution in [0.1, 0.15) is 29.6 Å². The van der Waals surface area contributed by atoms with Crippen molar-refractivity contribution in [2.45, 2.75) is 24.9 Å². The quantitative estimate of drug-likeness (QED) is 0.835. The van der Waals surface area contributed by atoms with Gasteiger partial charge >= 0.3 is 5.97 Å². The highest BCUT2D eigenvalue weighted by atomic mass is 32.2. The van der Waals surface area contributed by atoms with Gasteiger partial charge in [0, 0.05) is 12.8 Å². The number of hydrogen-bond acceptors (Lipinski definition) is 4. The van der Waals surface area contributed by atoms with Crippen LogP contribution >= 0.6 is 0 Å². The summed E-state index contributed by atoms with van der Waals surface area (Å²) in [5, 5.41) is 8.82. The first-order valence-electron chi connectivity index (χ1n) is 6.35. The Morgan fingerprint density at radius 2 is 2.14 bits per heavy atom. The molecule has 0 radical (unpaired) electrons. The summed E-state index contributed by atoms with van der Waals surface area (Å²) < 4.78 is 45.0. The van der Waals surface area contributed by atoms with Gasteiger partial charge in [-0.3, -0.25) is 4.72 Å². The van der Waals surface area contributed by atoms with E-state index in [0.717, 1.165) is 18.6 Å². The van der Waals surface area contributed by atoms with Gasteiger partial charge in [0.15, 0.2) is 0 Å². The molecule has 0 heterocycles. The van der Waals surface area contributed by atoms with Crippen molar-refractivity contribution in [2.75, 3.05) is 17.6 Å². The molecule has 0 unspecified atom stereocenters. The number of ether oxygens (including phenoxy) is 1. The zero-order valence-electron chi connectivity index (χ0n) is 11.4. The first-order valence-corrected chi connectivity index (χ1v) is 8.01. The van der Waals surface area contributed by atoms with Crippen molar-refractivity contribution in [1.82, 2.24) is 0 Å². The monoisotopic (exact) mass is 317 g/mol. The van der Waals surface area contributed by atoms with E-state index in [9.17, 15) is 17.6 Å². The molecule has 8 heteroatoms. The standard InChI is InChI=1S/C13H16FNO5S/c1-20-13(5-2-6-13)8-21(18,19)15-9-3-4-11(14)10(7-9)12(16)17/h3-4,7,15H,2,5-6,8H2,1H3,(H,16,17). The van der Waals surface area contributed by atoms with Crippen LogP contribution in [0, 0.1) is 5.82 Å². The molecular formula is C13H16FNO5S. The lowest BCUT2D eigenvalue weighted by Gasteiger charge is -2.39. The van der Waals surface area contributed by atoms with Gasteiger partial charge in [0.25, 0.3) is 0 Å². The lowest BCUT2D eigenvalue weighted by molar-refractivity contribution is -0.0524. The smallest absolute Gasteiger partial charge is 0.338 e. The van der Waals surface area contributed by atoms with E-state index in [1.54, 1.807) is 0 Å². The van der Waals surface area contributed by atoms with Crippen LogP contribution in [0.3, 0.4) is 0 Å². The summed E-state index contributed by atoms with van der Waals surface area (Å²) >= 11 is 0. The SMILES string of the molecule is COC1(CS(=O)(=O)Nc2ccc(F)c(C(=O)O)c2)CCC1. The lowest BCUT2D eigenvalue weighted by atomic mass is 9.82. The van der Waals surface area contributed by atoms with Crippen molar-refractivity contribution in [2.24, 2.45) is 0 Å². The van der Waals surface area contributed by atoms with Crippen LogP contribution in [-0.2, 0) is 14.8 Å². The van der Waals surface area contributed by atoms with Crippen molar-refractivity contribution in [3.05, 3.63) is 29.6 Å². The first-order chi connectivity index (χ1) is 9.77. The fourth-order valence-corrected chi connectivity index (χ4v) is 3.95. The van der Waals surface area contributed by atoms with E-state index < -0.39 is 33.0 Å². The van der Waals surface area contributed by atoms with E-state index >= 15 is 0 Å². The third-order valence-corrected chi connectivity index (χ3v) is 5.07. The summed E-state index contributed by atoms with van der Waals surface area (Å²) in [4.78, 5) is 10.8. The summed E-state index contributed by atoms with van der Waals surface area (Å²) in [7, 11) is -2.24. The molecule has 0 amide bonds. The van der Waals surface area contributed by atoms with Gasteiger partial charge in [0.1, 0.15) is 5.82 Å². The molecule has 0 bridgehead atoms. The Balaban J connectivity index is 2.17. The largest absolute Gasteiger partial charge is 0.478 e. The number of carbonyl (C=O) groups is 1. The van der Waals surface area contributed by atoms with E-state index in [-0.39, 0.29) is 11.4 Å². The number of carboxylic acid groups (broad SMARTS) is 1. The van der Waals surface area contributed by atoms with E-state index in [4.69, 9.17) is 9.84 Å². The molecule has 6 nitrogen and oxygen atoms in total. The number of hydrogen-bond donors (Lipinski definition) is 2. The second-order valence-electron chi connectivity index (χ2n) is 5.10. The second-order valence-corrected chi connectivity index (χ2v) is 6.82. The summed E-state index contributed by atoms with van der Waals surface area (Å²) in [6.07, 6.45) is 2.23. The zero-order chi connectivity index (χ0) is 15.7. The van der Waals surface area contributed by atoms with Crippen LogP contribution in [0.4, 0.5) is 10.1 Å². The van der Waals surface area contributed by atoms with E-state index in [1.165, 1.54) is 13.2 Å². The van der Waals surface area contributed by atoms with Gasteiger partial charge < -0.3 is 9.84 Å². The number of aromatic carboxylic acids is 1. The number of nitrogens with one attached hydrogen (secondary N) is 1. The van der Waals surface area contributed by atoms with Crippen molar-refractivity contribution in [3.8, 4) is 0 Å². The number of methoxy groups -OCH3 is 1. The molecule has 0 saturated heterocycles. The maximum Gasteiger partial charge on any atom is 0.338 e. The molecule has 0 atom stereocenters. The Morgan fingerprint density at radius 1 is 1.48 bits per heavy atom. The van der Waals surface area contributed by atoms with Gasteiger partial charge in [-0.25, -0.2) is 17.6 Å². The highest BCUT2D eigenvalue weighted by Crippen LogP contribution is 2.36. The van der Waals surface area contributed by atoms with Gasteiger partial charge in [-0.15, -0.1) is 0 Å². The van der Waals surface area contributed by atoms with E-state index in [1.807, 2.05) is 0 Å². The molecule has 1 aliphatic carbocycles. The molecule has 1 saturated carbocycles. The van der Waals surface area contributed by atoms with E-state index in [2.05, 4.69) is 4.72 Å². The summed E-state index contributed by atoms with van der Waals surface area (Å²) in [6, 6.07) is 3.05. The number of sulfonamides is 1. The molecule has 1 aromatic carbocycles. The number of anilines is 1. The number of benzene rings is 1. The Bertz CT molecular complexity index is 649. The van der Waals surface area contributed by atoms with Crippen LogP contribution in [-0.4, -0.2) is 38.0 Å². The Hall–Kier alpha value is -1.67. The molecular weight excluding hydrogens is 301 g/mol. The number of halogens is 1. The summed E-state index contributed by atoms with van der Waals surface area (Å²) in [5.41, 5.74) is -1.25. The van der Waals surface area contributed by atoms with Crippen LogP contribution in [0.25, 0.3) is 0 Å². The number of rotatable bonds is 6. The van der Waals surface area contributed by atoms with Crippen LogP contribution < -0.4 is 4.72 Å². The minimum Gasteiger partial charge on any atom is -0.478 e. The predicted molar refractivity (Wildman–Crippen MR) is 74.4 cm³/mol. The first kappa shape index (κ1) is 15.7. The van der Waals surface area contributed by atoms with Gasteiger partial charge in [-0.1, -0.05) is 0 Å². The Labute approximate surface area is 122 Å². The third-order valence-electron chi connectivity index (χ3n) is 3.62. The molecule has 0 aliphatic heterocycles. The van der Waals surface area contributed by atoms with Crippen molar-refractivity contribution in [3.63, 3.8) is 0 Å². The van der Waals surface area contributed by atoms with Gasteiger partial charge in [-0.2, -0.15) is 0 Å². The molecule has 0 spiro atoms. The van der Waals surface area contributed by atoms with Crippen LogP contribution in [0.2, 0.25) is 0 Å². The fraction of sp³-hybridized carbons (Fsp3) is 0.462. The Kier molecular flexibility index (Phi) is 4.20. The van der Waals surface area contributed by atoms with Crippen molar-refractivity contribution in [1.29, 1.82) is 0 Å². The topological polar surface area (TPSA) is 92.7 Å². The van der Waals surface area contributed by atoms with Crippen molar-refractivity contribution >= 4 is 21.7 Å². The highest BCUT2D eigenvalue weighted by molar-refractivity contribution is 7.92. The van der Waals surface area contributed by atoms with Crippen LogP contribution in [0.15, 0.2) is 18.2 Å². The molecule has 21 heavy (non-hydrogen) atoms. The predicted octanol–water partition coefficient (Wildman–Crippen LogP) is 1.83. The van der Waals surface area contributed by atoms with Gasteiger partial charge in [0.2, 0.25) is 10.0 Å². The molecule has 2 N–H and O–H groups in total. The maximum atomic E-state index is 13.3. The molecule has 2 rings (SSSR count). The maximum absolute atomic E-state index is 13.3. The van der Waals surface area contributed by atoms with Crippen LogP contribution in [0.5, 0.6) is 0 Å².